The highest BCUT2D eigenvalue weighted by Crippen LogP contribution is 2.51. The van der Waals surface area contributed by atoms with Gasteiger partial charge in [-0.05, 0) is 79.2 Å². The van der Waals surface area contributed by atoms with E-state index in [1.54, 1.807) is 24.3 Å². The number of aromatic nitrogens is 2. The predicted octanol–water partition coefficient (Wildman–Crippen LogP) is 6.00. The molecule has 0 amide bonds. The smallest absolute Gasteiger partial charge is 0.319 e. The fourth-order valence-electron chi connectivity index (χ4n) is 8.03. The lowest BCUT2D eigenvalue weighted by molar-refractivity contribution is 0.163. The minimum absolute atomic E-state index is 0.0537. The molecule has 3 saturated heterocycles. The van der Waals surface area contributed by atoms with Gasteiger partial charge in [-0.15, -0.1) is 0 Å². The van der Waals surface area contributed by atoms with E-state index in [0.29, 0.717) is 45.6 Å². The molecule has 0 spiro atoms. The van der Waals surface area contributed by atoms with Crippen molar-refractivity contribution in [3.8, 4) is 22.9 Å². The molecule has 4 atom stereocenters. The van der Waals surface area contributed by atoms with Gasteiger partial charge in [-0.1, -0.05) is 29.8 Å². The highest BCUT2D eigenvalue weighted by atomic mass is 35.5. The van der Waals surface area contributed by atoms with Gasteiger partial charge in [0.05, 0.1) is 6.61 Å². The van der Waals surface area contributed by atoms with Gasteiger partial charge in [-0.3, -0.25) is 0 Å². The highest BCUT2D eigenvalue weighted by Gasteiger charge is 2.50. The third kappa shape index (κ3) is 4.61. The molecule has 0 radical (unpaired) electrons. The second-order valence-electron chi connectivity index (χ2n) is 13.8. The zero-order valence-corrected chi connectivity index (χ0v) is 24.8. The van der Waals surface area contributed by atoms with Crippen LogP contribution in [-0.2, 0) is 0 Å². The van der Waals surface area contributed by atoms with Crippen molar-refractivity contribution < 1.29 is 14.2 Å². The number of nitrogens with one attached hydrogen (secondary N) is 1. The Kier molecular flexibility index (Phi) is 5.88. The number of fused-ring (bicyclic) bond motifs is 5. The third-order valence-corrected chi connectivity index (χ3v) is 10.9. The van der Waals surface area contributed by atoms with E-state index in [1.807, 2.05) is 18.2 Å². The van der Waals surface area contributed by atoms with E-state index in [9.17, 15) is 5.11 Å². The monoisotopic (exact) mass is 599 g/mol. The number of phenols is 1. The molecule has 3 aromatic carbocycles. The van der Waals surface area contributed by atoms with Gasteiger partial charge in [0.2, 0.25) is 0 Å². The van der Waals surface area contributed by atoms with Crippen LogP contribution in [0.4, 0.5) is 10.2 Å². The standard InChI is InChI=1S/C34H35ClFN5O2/c35-28-3-1-2-19-11-24(42)12-27(29(19)28)25-6-7-26-31(30(25)36)38-33(39-32(26)41-15-22-4-5-23(16-41)37-22)43-18-34(8-9-34)17-40-13-20-10-21(20)14-40/h1-3,6-7,11-12,20-23,37,42H,4-5,8-10,13-18H2. The van der Waals surface area contributed by atoms with E-state index in [2.05, 4.69) is 15.1 Å². The van der Waals surface area contributed by atoms with Crippen LogP contribution in [0.25, 0.3) is 32.8 Å². The average Bonchev–Trinajstić information content (AvgIpc) is 3.87. The van der Waals surface area contributed by atoms with Crippen LogP contribution < -0.4 is 15.0 Å². The molecule has 5 aliphatic rings. The van der Waals surface area contributed by atoms with E-state index in [-0.39, 0.29) is 22.7 Å². The molecule has 2 bridgehead atoms. The summed E-state index contributed by atoms with van der Waals surface area (Å²) in [5, 5.41) is 16.8. The Morgan fingerprint density at radius 3 is 2.56 bits per heavy atom. The second-order valence-corrected chi connectivity index (χ2v) is 14.2. The summed E-state index contributed by atoms with van der Waals surface area (Å²) >= 11 is 6.62. The number of anilines is 1. The Labute approximate surface area is 255 Å². The summed E-state index contributed by atoms with van der Waals surface area (Å²) in [7, 11) is 0. The number of rotatable bonds is 7. The van der Waals surface area contributed by atoms with Crippen molar-refractivity contribution in [3.63, 3.8) is 0 Å². The summed E-state index contributed by atoms with van der Waals surface area (Å²) in [6, 6.07) is 13.4. The first-order valence-electron chi connectivity index (χ1n) is 15.7. The molecule has 1 aromatic heterocycles. The first-order chi connectivity index (χ1) is 20.9. The molecule has 9 heteroatoms. The van der Waals surface area contributed by atoms with Gasteiger partial charge in [0.25, 0.3) is 0 Å². The maximum Gasteiger partial charge on any atom is 0.319 e. The number of likely N-dealkylation sites (tertiary alicyclic amines) is 1. The Morgan fingerprint density at radius 1 is 1.00 bits per heavy atom. The molecule has 43 heavy (non-hydrogen) atoms. The molecule has 222 valence electrons. The molecular formula is C34H35ClFN5O2. The van der Waals surface area contributed by atoms with Gasteiger partial charge in [-0.25, -0.2) is 4.39 Å². The summed E-state index contributed by atoms with van der Waals surface area (Å²) in [5.41, 5.74) is 1.24. The van der Waals surface area contributed by atoms with Crippen molar-refractivity contribution in [2.75, 3.05) is 44.2 Å². The normalized spacial score (nSPS) is 27.2. The molecule has 7 nitrogen and oxygen atoms in total. The minimum Gasteiger partial charge on any atom is -0.508 e. The van der Waals surface area contributed by atoms with Gasteiger partial charge >= 0.3 is 6.01 Å². The third-order valence-electron chi connectivity index (χ3n) is 10.6. The van der Waals surface area contributed by atoms with Crippen molar-refractivity contribution in [3.05, 3.63) is 53.3 Å². The molecule has 3 aliphatic heterocycles. The summed E-state index contributed by atoms with van der Waals surface area (Å²) in [4.78, 5) is 14.5. The molecule has 5 fully saturated rings. The summed E-state index contributed by atoms with van der Waals surface area (Å²) in [5.74, 6) is 2.14. The van der Waals surface area contributed by atoms with Crippen molar-refractivity contribution in [2.45, 2.75) is 44.2 Å². The molecule has 4 aromatic rings. The number of nitrogens with zero attached hydrogens (tertiary/aromatic N) is 4. The minimum atomic E-state index is -0.464. The number of benzene rings is 3. The maximum absolute atomic E-state index is 16.7. The van der Waals surface area contributed by atoms with Crippen LogP contribution in [0.1, 0.15) is 32.1 Å². The number of piperazine rings is 1. The van der Waals surface area contributed by atoms with Crippen LogP contribution in [0.5, 0.6) is 11.8 Å². The quantitative estimate of drug-likeness (QED) is 0.270. The van der Waals surface area contributed by atoms with Crippen LogP contribution in [0, 0.1) is 23.1 Å². The van der Waals surface area contributed by atoms with Crippen LogP contribution in [0.3, 0.4) is 0 Å². The number of phenolic OH excluding ortho intramolecular Hbond substituents is 1. The number of hydrogen-bond acceptors (Lipinski definition) is 7. The van der Waals surface area contributed by atoms with Gasteiger partial charge < -0.3 is 25.0 Å². The number of aromatic hydroxyl groups is 1. The molecule has 4 heterocycles. The summed E-state index contributed by atoms with van der Waals surface area (Å²) in [6.07, 6.45) is 5.96. The lowest BCUT2D eigenvalue weighted by Gasteiger charge is -2.34. The van der Waals surface area contributed by atoms with Crippen molar-refractivity contribution in [1.29, 1.82) is 0 Å². The van der Waals surface area contributed by atoms with Crippen molar-refractivity contribution in [2.24, 2.45) is 17.3 Å². The Morgan fingerprint density at radius 2 is 1.79 bits per heavy atom. The van der Waals surface area contributed by atoms with E-state index in [4.69, 9.17) is 26.3 Å². The lowest BCUT2D eigenvalue weighted by Crippen LogP contribution is -2.51. The SMILES string of the molecule is Oc1cc(-c2ccc3c(N4CC5CCC(C4)N5)nc(OCC4(CN5CC6CC6C5)CC4)nc3c2F)c2c(Cl)cccc2c1. The predicted molar refractivity (Wildman–Crippen MR) is 166 cm³/mol. The molecule has 2 N–H and O–H groups in total. The first kappa shape index (κ1) is 26.2. The topological polar surface area (TPSA) is 73.8 Å². The number of piperidine rings is 1. The molecule has 2 aliphatic carbocycles. The highest BCUT2D eigenvalue weighted by molar-refractivity contribution is 6.36. The molecule has 9 rings (SSSR count). The van der Waals surface area contributed by atoms with Crippen molar-refractivity contribution >= 4 is 39.1 Å². The fraction of sp³-hybridized carbons (Fsp3) is 0.471. The largest absolute Gasteiger partial charge is 0.508 e. The second kappa shape index (κ2) is 9.65. The zero-order chi connectivity index (χ0) is 28.9. The van der Waals surface area contributed by atoms with Crippen LogP contribution >= 0.6 is 11.6 Å². The number of halogens is 2. The Bertz CT molecular complexity index is 1760. The maximum atomic E-state index is 16.7. The van der Waals surface area contributed by atoms with Gasteiger partial charge in [0.1, 0.15) is 17.1 Å². The van der Waals surface area contributed by atoms with E-state index >= 15 is 4.39 Å². The van der Waals surface area contributed by atoms with Crippen LogP contribution in [0.2, 0.25) is 5.02 Å². The lowest BCUT2D eigenvalue weighted by atomic mass is 9.96. The van der Waals surface area contributed by atoms with Crippen LogP contribution in [0.15, 0.2) is 42.5 Å². The first-order valence-corrected chi connectivity index (χ1v) is 16.1. The Hall–Kier alpha value is -3.20. The average molecular weight is 600 g/mol. The number of hydrogen-bond donors (Lipinski definition) is 2. The fourth-order valence-corrected chi connectivity index (χ4v) is 8.31. The summed E-state index contributed by atoms with van der Waals surface area (Å²) in [6.45, 7) is 5.68. The number of ether oxygens (including phenoxy) is 1. The van der Waals surface area contributed by atoms with Gasteiger partial charge in [0.15, 0.2) is 5.82 Å². The van der Waals surface area contributed by atoms with Crippen LogP contribution in [-0.4, -0.2) is 71.4 Å². The zero-order valence-electron chi connectivity index (χ0n) is 24.0. The molecular weight excluding hydrogens is 565 g/mol. The van der Waals surface area contributed by atoms with Gasteiger partial charge in [0, 0.05) is 71.6 Å². The van der Waals surface area contributed by atoms with E-state index in [0.717, 1.165) is 68.4 Å². The molecule has 4 unspecified atom stereocenters. The van der Waals surface area contributed by atoms with Crippen molar-refractivity contribution in [1.82, 2.24) is 20.2 Å². The Balaban J connectivity index is 1.12. The van der Waals surface area contributed by atoms with Gasteiger partial charge in [-0.2, -0.15) is 9.97 Å². The van der Waals surface area contributed by atoms with E-state index in [1.165, 1.54) is 19.5 Å². The molecule has 2 saturated carbocycles. The van der Waals surface area contributed by atoms with E-state index < -0.39 is 5.82 Å². The summed E-state index contributed by atoms with van der Waals surface area (Å²) < 4.78 is 23.1.